The molecule has 0 amide bonds. The molecule has 136 valence electrons. The molecule has 2 aromatic rings. The SMILES string of the molecule is CN=C(NCc1cccc(C#N)c1)NC1CCN(Cc2ccsc2)CC1. The van der Waals surface area contributed by atoms with Crippen LogP contribution < -0.4 is 10.6 Å². The number of likely N-dealkylation sites (tertiary alicyclic amines) is 1. The zero-order valence-electron chi connectivity index (χ0n) is 15.1. The number of benzene rings is 1. The Morgan fingerprint density at radius 1 is 1.31 bits per heavy atom. The zero-order chi connectivity index (χ0) is 18.2. The van der Waals surface area contributed by atoms with E-state index in [9.17, 15) is 0 Å². The molecule has 26 heavy (non-hydrogen) atoms. The molecule has 1 aliphatic rings. The Hall–Kier alpha value is -2.36. The molecule has 1 saturated heterocycles. The largest absolute Gasteiger partial charge is 0.354 e. The molecule has 0 unspecified atom stereocenters. The van der Waals surface area contributed by atoms with Gasteiger partial charge in [-0.15, -0.1) is 0 Å². The number of thiophene rings is 1. The lowest BCUT2D eigenvalue weighted by Gasteiger charge is -2.33. The lowest BCUT2D eigenvalue weighted by atomic mass is 10.0. The van der Waals surface area contributed by atoms with Crippen molar-refractivity contribution in [2.24, 2.45) is 4.99 Å². The van der Waals surface area contributed by atoms with Gasteiger partial charge < -0.3 is 10.6 Å². The predicted octanol–water partition coefficient (Wildman–Crippen LogP) is 2.95. The Morgan fingerprint density at radius 2 is 2.15 bits per heavy atom. The van der Waals surface area contributed by atoms with Gasteiger partial charge in [0.05, 0.1) is 11.6 Å². The van der Waals surface area contributed by atoms with Crippen LogP contribution in [-0.2, 0) is 13.1 Å². The molecular formula is C20H25N5S. The van der Waals surface area contributed by atoms with Crippen LogP contribution in [0.1, 0.15) is 29.5 Å². The number of nitrogens with zero attached hydrogens (tertiary/aromatic N) is 3. The molecule has 5 nitrogen and oxygen atoms in total. The fourth-order valence-electron chi connectivity index (χ4n) is 3.20. The van der Waals surface area contributed by atoms with E-state index in [0.717, 1.165) is 44.0 Å². The zero-order valence-corrected chi connectivity index (χ0v) is 15.9. The summed E-state index contributed by atoms with van der Waals surface area (Å²) >= 11 is 1.77. The van der Waals surface area contributed by atoms with Gasteiger partial charge in [-0.2, -0.15) is 16.6 Å². The van der Waals surface area contributed by atoms with Crippen LogP contribution in [0, 0.1) is 11.3 Å². The molecule has 1 aliphatic heterocycles. The third kappa shape index (κ3) is 5.32. The van der Waals surface area contributed by atoms with Crippen LogP contribution in [0.15, 0.2) is 46.1 Å². The van der Waals surface area contributed by atoms with Gasteiger partial charge in [0, 0.05) is 39.3 Å². The summed E-state index contributed by atoms with van der Waals surface area (Å²) in [6.07, 6.45) is 2.24. The van der Waals surface area contributed by atoms with E-state index < -0.39 is 0 Å². The first-order valence-corrected chi connectivity index (χ1v) is 9.91. The van der Waals surface area contributed by atoms with Crippen LogP contribution in [0.3, 0.4) is 0 Å². The second kappa shape index (κ2) is 9.37. The first-order chi connectivity index (χ1) is 12.8. The van der Waals surface area contributed by atoms with Gasteiger partial charge in [0.1, 0.15) is 0 Å². The number of aliphatic imine (C=N–C) groups is 1. The number of piperidine rings is 1. The van der Waals surface area contributed by atoms with E-state index in [0.29, 0.717) is 18.2 Å². The maximum absolute atomic E-state index is 8.99. The minimum absolute atomic E-state index is 0.449. The highest BCUT2D eigenvalue weighted by molar-refractivity contribution is 7.07. The quantitative estimate of drug-likeness (QED) is 0.630. The second-order valence-corrected chi connectivity index (χ2v) is 7.34. The van der Waals surface area contributed by atoms with E-state index in [1.807, 2.05) is 24.3 Å². The Kier molecular flexibility index (Phi) is 6.64. The van der Waals surface area contributed by atoms with Crippen LogP contribution in [-0.4, -0.2) is 37.0 Å². The fourth-order valence-corrected chi connectivity index (χ4v) is 3.86. The molecule has 1 fully saturated rings. The normalized spacial score (nSPS) is 16.2. The fraction of sp³-hybridized carbons (Fsp3) is 0.400. The minimum atomic E-state index is 0.449. The highest BCUT2D eigenvalue weighted by Crippen LogP contribution is 2.15. The summed E-state index contributed by atoms with van der Waals surface area (Å²) in [6.45, 7) is 3.92. The van der Waals surface area contributed by atoms with Crippen molar-refractivity contribution >= 4 is 17.3 Å². The molecular weight excluding hydrogens is 342 g/mol. The van der Waals surface area contributed by atoms with Gasteiger partial charge in [0.2, 0.25) is 0 Å². The highest BCUT2D eigenvalue weighted by atomic mass is 32.1. The Bertz CT molecular complexity index is 755. The summed E-state index contributed by atoms with van der Waals surface area (Å²) in [4.78, 5) is 6.85. The maximum atomic E-state index is 8.99. The van der Waals surface area contributed by atoms with Crippen molar-refractivity contribution in [3.05, 3.63) is 57.8 Å². The lowest BCUT2D eigenvalue weighted by molar-refractivity contribution is 0.198. The highest BCUT2D eigenvalue weighted by Gasteiger charge is 2.20. The van der Waals surface area contributed by atoms with E-state index >= 15 is 0 Å². The average Bonchev–Trinajstić information content (AvgIpc) is 3.19. The lowest BCUT2D eigenvalue weighted by Crippen LogP contribution is -2.48. The van der Waals surface area contributed by atoms with E-state index in [2.05, 4.69) is 43.4 Å². The third-order valence-corrected chi connectivity index (χ3v) is 5.39. The molecule has 2 heterocycles. The van der Waals surface area contributed by atoms with Gasteiger partial charge in [-0.3, -0.25) is 9.89 Å². The summed E-state index contributed by atoms with van der Waals surface area (Å²) in [7, 11) is 1.80. The Morgan fingerprint density at radius 3 is 2.85 bits per heavy atom. The molecule has 0 radical (unpaired) electrons. The number of guanidine groups is 1. The van der Waals surface area contributed by atoms with Gasteiger partial charge in [-0.05, 0) is 52.9 Å². The molecule has 3 rings (SSSR count). The van der Waals surface area contributed by atoms with Crippen LogP contribution in [0.25, 0.3) is 0 Å². The predicted molar refractivity (Wildman–Crippen MR) is 107 cm³/mol. The summed E-state index contributed by atoms with van der Waals surface area (Å²) < 4.78 is 0. The molecule has 0 bridgehead atoms. The van der Waals surface area contributed by atoms with Crippen molar-refractivity contribution in [3.8, 4) is 6.07 Å². The molecule has 0 atom stereocenters. The van der Waals surface area contributed by atoms with Crippen molar-refractivity contribution in [2.45, 2.75) is 32.0 Å². The van der Waals surface area contributed by atoms with E-state index in [1.165, 1.54) is 5.56 Å². The summed E-state index contributed by atoms with van der Waals surface area (Å²) in [6, 6.07) is 12.5. The van der Waals surface area contributed by atoms with Crippen molar-refractivity contribution in [3.63, 3.8) is 0 Å². The summed E-state index contributed by atoms with van der Waals surface area (Å²) in [5.41, 5.74) is 3.18. The van der Waals surface area contributed by atoms with Crippen LogP contribution >= 0.6 is 11.3 Å². The third-order valence-electron chi connectivity index (χ3n) is 4.65. The van der Waals surface area contributed by atoms with Crippen molar-refractivity contribution in [1.29, 1.82) is 5.26 Å². The molecule has 0 aliphatic carbocycles. The first kappa shape index (κ1) is 18.4. The van der Waals surface area contributed by atoms with Gasteiger partial charge in [-0.25, -0.2) is 0 Å². The monoisotopic (exact) mass is 367 g/mol. The van der Waals surface area contributed by atoms with Gasteiger partial charge in [0.15, 0.2) is 5.96 Å². The number of hydrogen-bond donors (Lipinski definition) is 2. The van der Waals surface area contributed by atoms with Crippen LogP contribution in [0.5, 0.6) is 0 Å². The van der Waals surface area contributed by atoms with Gasteiger partial charge >= 0.3 is 0 Å². The maximum Gasteiger partial charge on any atom is 0.191 e. The molecule has 2 N–H and O–H groups in total. The average molecular weight is 368 g/mol. The molecule has 1 aromatic heterocycles. The van der Waals surface area contributed by atoms with E-state index in [4.69, 9.17) is 5.26 Å². The molecule has 1 aromatic carbocycles. The Labute approximate surface area is 159 Å². The Balaban J connectivity index is 1.43. The molecule has 0 spiro atoms. The second-order valence-electron chi connectivity index (χ2n) is 6.56. The van der Waals surface area contributed by atoms with Crippen LogP contribution in [0.2, 0.25) is 0 Å². The first-order valence-electron chi connectivity index (χ1n) is 8.96. The van der Waals surface area contributed by atoms with Gasteiger partial charge in [0.25, 0.3) is 0 Å². The summed E-state index contributed by atoms with van der Waals surface area (Å²) in [5, 5.41) is 20.3. The standard InChI is InChI=1S/C20H25N5S/c1-22-20(23-13-17-4-2-3-16(11-17)12-21)24-19-5-8-25(9-6-19)14-18-7-10-26-15-18/h2-4,7,10-11,15,19H,5-6,8-9,13-14H2,1H3,(H2,22,23,24). The topological polar surface area (TPSA) is 63.5 Å². The van der Waals surface area contributed by atoms with Crippen molar-refractivity contribution in [1.82, 2.24) is 15.5 Å². The number of nitriles is 1. The summed E-state index contributed by atoms with van der Waals surface area (Å²) in [5.74, 6) is 0.823. The molecule has 0 saturated carbocycles. The van der Waals surface area contributed by atoms with Crippen molar-refractivity contribution < 1.29 is 0 Å². The number of rotatable bonds is 5. The van der Waals surface area contributed by atoms with Gasteiger partial charge in [-0.1, -0.05) is 12.1 Å². The number of hydrogen-bond acceptors (Lipinski definition) is 4. The van der Waals surface area contributed by atoms with Crippen LogP contribution in [0.4, 0.5) is 0 Å². The van der Waals surface area contributed by atoms with Crippen molar-refractivity contribution in [2.75, 3.05) is 20.1 Å². The smallest absolute Gasteiger partial charge is 0.191 e. The van der Waals surface area contributed by atoms with E-state index in [1.54, 1.807) is 18.4 Å². The molecule has 6 heteroatoms. The number of nitrogens with one attached hydrogen (secondary N) is 2. The van der Waals surface area contributed by atoms with E-state index in [-0.39, 0.29) is 0 Å². The minimum Gasteiger partial charge on any atom is -0.354 e.